The van der Waals surface area contributed by atoms with Crippen LogP contribution in [0.15, 0.2) is 30.5 Å². The molecule has 5 nitrogen and oxygen atoms in total. The second-order valence-corrected chi connectivity index (χ2v) is 5.00. The zero-order valence-electron chi connectivity index (χ0n) is 12.4. The summed E-state index contributed by atoms with van der Waals surface area (Å²) < 4.78 is 20.7. The van der Waals surface area contributed by atoms with Gasteiger partial charge in [-0.25, -0.2) is 4.39 Å². The zero-order valence-corrected chi connectivity index (χ0v) is 12.4. The molecule has 1 N–H and O–H groups in total. The molecule has 2 rings (SSSR count). The van der Waals surface area contributed by atoms with Gasteiger partial charge in [0.2, 0.25) is 0 Å². The number of hydrogen-bond donors (Lipinski definition) is 1. The first-order valence-electron chi connectivity index (χ1n) is 7.00. The first-order valence-corrected chi connectivity index (χ1v) is 7.00. The summed E-state index contributed by atoms with van der Waals surface area (Å²) in [5, 5.41) is 11.3. The fourth-order valence-electron chi connectivity index (χ4n) is 2.29. The Kier molecular flexibility index (Phi) is 5.83. The maximum Gasteiger partial charge on any atom is 0.126 e. The van der Waals surface area contributed by atoms with Crippen LogP contribution in [0.2, 0.25) is 0 Å². The SMILES string of the molecule is COCCNCC(Cc1cn(C)nn1)c1ccccc1F. The number of ether oxygens (including phenoxy) is 1. The lowest BCUT2D eigenvalue weighted by Crippen LogP contribution is -2.26. The normalized spacial score (nSPS) is 12.5. The van der Waals surface area contributed by atoms with Gasteiger partial charge in [-0.05, 0) is 11.6 Å². The summed E-state index contributed by atoms with van der Waals surface area (Å²) in [5.74, 6) is -0.167. The summed E-state index contributed by atoms with van der Waals surface area (Å²) in [6, 6.07) is 6.89. The van der Waals surface area contributed by atoms with Crippen molar-refractivity contribution < 1.29 is 9.13 Å². The van der Waals surface area contributed by atoms with Crippen molar-refractivity contribution in [3.8, 4) is 0 Å². The average Bonchev–Trinajstić information content (AvgIpc) is 2.88. The molecule has 1 aromatic heterocycles. The zero-order chi connectivity index (χ0) is 15.1. The second kappa shape index (κ2) is 7.85. The second-order valence-electron chi connectivity index (χ2n) is 5.00. The van der Waals surface area contributed by atoms with Crippen LogP contribution in [0.1, 0.15) is 17.2 Å². The smallest absolute Gasteiger partial charge is 0.126 e. The molecule has 6 heteroatoms. The largest absolute Gasteiger partial charge is 0.383 e. The van der Waals surface area contributed by atoms with E-state index in [0.717, 1.165) is 12.2 Å². The Bertz CT molecular complexity index is 558. The number of aryl methyl sites for hydroxylation is 1. The van der Waals surface area contributed by atoms with E-state index in [9.17, 15) is 4.39 Å². The molecule has 0 aliphatic carbocycles. The van der Waals surface area contributed by atoms with Gasteiger partial charge in [0.1, 0.15) is 5.82 Å². The topological polar surface area (TPSA) is 52.0 Å². The third-order valence-electron chi connectivity index (χ3n) is 3.32. The number of rotatable bonds is 8. The van der Waals surface area contributed by atoms with Gasteiger partial charge in [-0.2, -0.15) is 0 Å². The van der Waals surface area contributed by atoms with E-state index in [0.29, 0.717) is 25.1 Å². The molecule has 1 atom stereocenters. The van der Waals surface area contributed by atoms with E-state index in [2.05, 4.69) is 15.6 Å². The number of halogens is 1. The van der Waals surface area contributed by atoms with Crippen molar-refractivity contribution in [3.63, 3.8) is 0 Å². The van der Waals surface area contributed by atoms with E-state index in [4.69, 9.17) is 4.74 Å². The monoisotopic (exact) mass is 292 g/mol. The lowest BCUT2D eigenvalue weighted by Gasteiger charge is -2.17. The van der Waals surface area contributed by atoms with E-state index in [1.165, 1.54) is 6.07 Å². The lowest BCUT2D eigenvalue weighted by atomic mass is 9.94. The van der Waals surface area contributed by atoms with E-state index in [1.54, 1.807) is 17.9 Å². The first kappa shape index (κ1) is 15.6. The summed E-state index contributed by atoms with van der Waals surface area (Å²) in [4.78, 5) is 0. The number of aromatic nitrogens is 3. The van der Waals surface area contributed by atoms with Gasteiger partial charge in [-0.1, -0.05) is 23.4 Å². The number of nitrogens with zero attached hydrogens (tertiary/aromatic N) is 3. The van der Waals surface area contributed by atoms with Crippen molar-refractivity contribution in [2.75, 3.05) is 26.8 Å². The van der Waals surface area contributed by atoms with Crippen molar-refractivity contribution in [2.24, 2.45) is 7.05 Å². The minimum absolute atomic E-state index is 0.0137. The fraction of sp³-hybridized carbons (Fsp3) is 0.467. The van der Waals surface area contributed by atoms with Crippen molar-refractivity contribution in [3.05, 3.63) is 47.5 Å². The van der Waals surface area contributed by atoms with Crippen molar-refractivity contribution in [1.82, 2.24) is 20.3 Å². The molecule has 1 unspecified atom stereocenters. The molecule has 114 valence electrons. The Morgan fingerprint density at radius 1 is 1.38 bits per heavy atom. The highest BCUT2D eigenvalue weighted by molar-refractivity contribution is 5.23. The highest BCUT2D eigenvalue weighted by Crippen LogP contribution is 2.22. The van der Waals surface area contributed by atoms with Crippen LogP contribution < -0.4 is 5.32 Å². The van der Waals surface area contributed by atoms with Gasteiger partial charge < -0.3 is 10.1 Å². The fourth-order valence-corrected chi connectivity index (χ4v) is 2.29. The molecule has 0 aliphatic heterocycles. The van der Waals surface area contributed by atoms with Crippen molar-refractivity contribution in [2.45, 2.75) is 12.3 Å². The number of methoxy groups -OCH3 is 1. The van der Waals surface area contributed by atoms with Gasteiger partial charge in [-0.15, -0.1) is 5.10 Å². The molecule has 1 heterocycles. The van der Waals surface area contributed by atoms with Crippen LogP contribution in [0.5, 0.6) is 0 Å². The molecular formula is C15H21FN4O. The van der Waals surface area contributed by atoms with Crippen molar-refractivity contribution in [1.29, 1.82) is 0 Å². The predicted molar refractivity (Wildman–Crippen MR) is 78.6 cm³/mol. The molecule has 21 heavy (non-hydrogen) atoms. The molecule has 2 aromatic rings. The molecular weight excluding hydrogens is 271 g/mol. The summed E-state index contributed by atoms with van der Waals surface area (Å²) in [7, 11) is 3.49. The maximum absolute atomic E-state index is 14.0. The van der Waals surface area contributed by atoms with Crippen LogP contribution in [0, 0.1) is 5.82 Å². The van der Waals surface area contributed by atoms with E-state index < -0.39 is 0 Å². The van der Waals surface area contributed by atoms with Crippen molar-refractivity contribution >= 4 is 0 Å². The minimum atomic E-state index is -0.181. The predicted octanol–water partition coefficient (Wildman–Crippen LogP) is 1.52. The van der Waals surface area contributed by atoms with Crippen LogP contribution in [0.25, 0.3) is 0 Å². The Hall–Kier alpha value is -1.79. The third kappa shape index (κ3) is 4.61. The molecule has 0 spiro atoms. The molecule has 0 saturated carbocycles. The van der Waals surface area contributed by atoms with Gasteiger partial charge in [0.05, 0.1) is 12.3 Å². The quantitative estimate of drug-likeness (QED) is 0.750. The molecule has 0 bridgehead atoms. The van der Waals surface area contributed by atoms with Crippen LogP contribution in [-0.2, 0) is 18.2 Å². The Balaban J connectivity index is 2.08. The van der Waals surface area contributed by atoms with E-state index in [1.807, 2.05) is 25.4 Å². The Morgan fingerprint density at radius 3 is 2.86 bits per heavy atom. The number of benzene rings is 1. The lowest BCUT2D eigenvalue weighted by molar-refractivity contribution is 0.199. The summed E-state index contributed by atoms with van der Waals surface area (Å²) in [6.07, 6.45) is 2.51. The minimum Gasteiger partial charge on any atom is -0.383 e. The molecule has 0 saturated heterocycles. The summed E-state index contributed by atoms with van der Waals surface area (Å²) >= 11 is 0. The number of hydrogen-bond acceptors (Lipinski definition) is 4. The highest BCUT2D eigenvalue weighted by atomic mass is 19.1. The van der Waals surface area contributed by atoms with Gasteiger partial charge in [0.25, 0.3) is 0 Å². The average molecular weight is 292 g/mol. The first-order chi connectivity index (χ1) is 10.2. The Labute approximate surface area is 124 Å². The third-order valence-corrected chi connectivity index (χ3v) is 3.32. The van der Waals surface area contributed by atoms with E-state index >= 15 is 0 Å². The van der Waals surface area contributed by atoms with E-state index in [-0.39, 0.29) is 11.7 Å². The van der Waals surface area contributed by atoms with Gasteiger partial charge in [0, 0.05) is 45.8 Å². The van der Waals surface area contributed by atoms with Crippen LogP contribution in [0.3, 0.4) is 0 Å². The van der Waals surface area contributed by atoms with Gasteiger partial charge >= 0.3 is 0 Å². The number of nitrogens with one attached hydrogen (secondary N) is 1. The molecule has 0 aliphatic rings. The van der Waals surface area contributed by atoms with Crippen LogP contribution in [-0.4, -0.2) is 41.8 Å². The maximum atomic E-state index is 14.0. The molecule has 1 aromatic carbocycles. The standard InChI is InChI=1S/C15H21FN4O/c1-20-11-13(18-19-20)9-12(10-17-7-8-21-2)14-5-3-4-6-15(14)16/h3-6,11-12,17H,7-10H2,1-2H3. The van der Waals surface area contributed by atoms with Crippen LogP contribution in [0.4, 0.5) is 4.39 Å². The van der Waals surface area contributed by atoms with Crippen LogP contribution >= 0.6 is 0 Å². The molecule has 0 radical (unpaired) electrons. The summed E-state index contributed by atoms with van der Waals surface area (Å²) in [5.41, 5.74) is 1.56. The highest BCUT2D eigenvalue weighted by Gasteiger charge is 2.17. The molecule has 0 fully saturated rings. The summed E-state index contributed by atoms with van der Waals surface area (Å²) in [6.45, 7) is 2.04. The van der Waals surface area contributed by atoms with Gasteiger partial charge in [0.15, 0.2) is 0 Å². The molecule has 0 amide bonds. The Morgan fingerprint density at radius 2 is 2.19 bits per heavy atom. The van der Waals surface area contributed by atoms with Gasteiger partial charge in [-0.3, -0.25) is 4.68 Å².